The first kappa shape index (κ1) is 13.3. The van der Waals surface area contributed by atoms with Crippen molar-refractivity contribution in [3.63, 3.8) is 0 Å². The topological polar surface area (TPSA) is 79.5 Å². The fraction of sp³-hybridized carbons (Fsp3) is 0.429. The first-order valence-electron chi connectivity index (χ1n) is 6.68. The molecular formula is C14H17N3O2S. The third-order valence-electron chi connectivity index (χ3n) is 3.90. The second kappa shape index (κ2) is 5.03. The maximum absolute atomic E-state index is 12.6. The van der Waals surface area contributed by atoms with Crippen LogP contribution in [0, 0.1) is 5.92 Å². The standard InChI is InChI=1S/C14H17N3O2S/c1-8-4-6-17(7-10(8)18)14(19)12-11(15)9-3-2-5-16-13(9)20-12/h2-3,5,8,10,18H,4,6-7,15H2,1H3. The van der Waals surface area contributed by atoms with Gasteiger partial charge in [0, 0.05) is 24.7 Å². The molecule has 3 N–H and O–H groups in total. The SMILES string of the molecule is CC1CCN(C(=O)c2sc3ncccc3c2N)CC1O. The van der Waals surface area contributed by atoms with Gasteiger partial charge in [-0.3, -0.25) is 4.79 Å². The van der Waals surface area contributed by atoms with Crippen LogP contribution in [-0.4, -0.2) is 40.1 Å². The number of nitrogens with zero attached hydrogens (tertiary/aromatic N) is 2. The Bertz CT molecular complexity index is 655. The highest BCUT2D eigenvalue weighted by Crippen LogP contribution is 2.33. The molecule has 2 atom stereocenters. The maximum Gasteiger partial charge on any atom is 0.266 e. The highest BCUT2D eigenvalue weighted by atomic mass is 32.1. The second-order valence-corrected chi connectivity index (χ2v) is 6.28. The predicted octanol–water partition coefficient (Wildman–Crippen LogP) is 1.72. The van der Waals surface area contributed by atoms with E-state index >= 15 is 0 Å². The minimum atomic E-state index is -0.457. The van der Waals surface area contributed by atoms with Gasteiger partial charge in [-0.1, -0.05) is 6.92 Å². The van der Waals surface area contributed by atoms with Crippen LogP contribution in [0.25, 0.3) is 10.2 Å². The molecule has 2 aromatic rings. The summed E-state index contributed by atoms with van der Waals surface area (Å²) < 4.78 is 0. The molecule has 1 fully saturated rings. The molecule has 20 heavy (non-hydrogen) atoms. The van der Waals surface area contributed by atoms with E-state index in [1.54, 1.807) is 11.1 Å². The molecule has 1 aliphatic rings. The Balaban J connectivity index is 1.91. The lowest BCUT2D eigenvalue weighted by atomic mass is 9.96. The molecule has 2 unspecified atom stereocenters. The highest BCUT2D eigenvalue weighted by Gasteiger charge is 2.30. The van der Waals surface area contributed by atoms with Gasteiger partial charge in [0.1, 0.15) is 9.71 Å². The number of likely N-dealkylation sites (tertiary alicyclic amines) is 1. The summed E-state index contributed by atoms with van der Waals surface area (Å²) >= 11 is 1.32. The number of aliphatic hydroxyl groups is 1. The number of aromatic nitrogens is 1. The summed E-state index contributed by atoms with van der Waals surface area (Å²) in [7, 11) is 0. The van der Waals surface area contributed by atoms with Gasteiger partial charge in [0.2, 0.25) is 0 Å². The summed E-state index contributed by atoms with van der Waals surface area (Å²) in [6.07, 6.45) is 2.05. The molecule has 1 aliphatic heterocycles. The van der Waals surface area contributed by atoms with Gasteiger partial charge in [-0.05, 0) is 24.5 Å². The van der Waals surface area contributed by atoms with Gasteiger partial charge in [-0.2, -0.15) is 0 Å². The van der Waals surface area contributed by atoms with Crippen molar-refractivity contribution in [3.8, 4) is 0 Å². The molecular weight excluding hydrogens is 274 g/mol. The van der Waals surface area contributed by atoms with E-state index in [1.165, 1.54) is 11.3 Å². The van der Waals surface area contributed by atoms with Crippen LogP contribution in [0.1, 0.15) is 23.0 Å². The Kier molecular flexibility index (Phi) is 3.35. The van der Waals surface area contributed by atoms with Gasteiger partial charge in [0.05, 0.1) is 11.8 Å². The monoisotopic (exact) mass is 291 g/mol. The number of anilines is 1. The van der Waals surface area contributed by atoms with Gasteiger partial charge in [-0.15, -0.1) is 11.3 Å². The molecule has 106 valence electrons. The van der Waals surface area contributed by atoms with E-state index in [4.69, 9.17) is 5.73 Å². The Morgan fingerprint density at radius 1 is 1.60 bits per heavy atom. The molecule has 0 aliphatic carbocycles. The van der Waals surface area contributed by atoms with Crippen molar-refractivity contribution in [2.75, 3.05) is 18.8 Å². The van der Waals surface area contributed by atoms with Crippen LogP contribution in [0.2, 0.25) is 0 Å². The third kappa shape index (κ3) is 2.14. The van der Waals surface area contributed by atoms with Crippen molar-refractivity contribution in [1.29, 1.82) is 0 Å². The predicted molar refractivity (Wildman–Crippen MR) is 79.7 cm³/mol. The number of nitrogen functional groups attached to an aromatic ring is 1. The second-order valence-electron chi connectivity index (χ2n) is 5.29. The van der Waals surface area contributed by atoms with Crippen molar-refractivity contribution >= 4 is 33.1 Å². The van der Waals surface area contributed by atoms with Gasteiger partial charge in [0.25, 0.3) is 5.91 Å². The number of thiophene rings is 1. The van der Waals surface area contributed by atoms with Crippen LogP contribution >= 0.6 is 11.3 Å². The number of hydrogen-bond donors (Lipinski definition) is 2. The highest BCUT2D eigenvalue weighted by molar-refractivity contribution is 7.21. The number of rotatable bonds is 1. The molecule has 3 rings (SSSR count). The number of hydrogen-bond acceptors (Lipinski definition) is 5. The van der Waals surface area contributed by atoms with Crippen LogP contribution in [-0.2, 0) is 0 Å². The quantitative estimate of drug-likeness (QED) is 0.838. The lowest BCUT2D eigenvalue weighted by Crippen LogP contribution is -2.45. The summed E-state index contributed by atoms with van der Waals surface area (Å²) in [5, 5.41) is 10.7. The van der Waals surface area contributed by atoms with Gasteiger partial charge in [0.15, 0.2) is 0 Å². The molecule has 1 saturated heterocycles. The first-order valence-corrected chi connectivity index (χ1v) is 7.50. The van der Waals surface area contributed by atoms with E-state index in [-0.39, 0.29) is 11.8 Å². The zero-order chi connectivity index (χ0) is 14.3. The van der Waals surface area contributed by atoms with E-state index in [1.807, 2.05) is 19.1 Å². The van der Waals surface area contributed by atoms with Crippen LogP contribution in [0.15, 0.2) is 18.3 Å². The minimum absolute atomic E-state index is 0.101. The normalized spacial score (nSPS) is 23.2. The number of fused-ring (bicyclic) bond motifs is 1. The maximum atomic E-state index is 12.6. The zero-order valence-corrected chi connectivity index (χ0v) is 12.1. The summed E-state index contributed by atoms with van der Waals surface area (Å²) in [5.74, 6) is 0.136. The number of aliphatic hydroxyl groups excluding tert-OH is 1. The average Bonchev–Trinajstić information content (AvgIpc) is 2.79. The Hall–Kier alpha value is -1.66. The molecule has 6 heteroatoms. The number of carbonyl (C=O) groups is 1. The van der Waals surface area contributed by atoms with Crippen molar-refractivity contribution in [1.82, 2.24) is 9.88 Å². The summed E-state index contributed by atoms with van der Waals surface area (Å²) in [6.45, 7) is 3.05. The minimum Gasteiger partial charge on any atom is -0.397 e. The Morgan fingerprint density at radius 2 is 2.40 bits per heavy atom. The molecule has 5 nitrogen and oxygen atoms in total. The van der Waals surface area contributed by atoms with Crippen LogP contribution in [0.4, 0.5) is 5.69 Å². The molecule has 0 bridgehead atoms. The summed E-state index contributed by atoms with van der Waals surface area (Å²) in [4.78, 5) is 19.8. The average molecular weight is 291 g/mol. The lowest BCUT2D eigenvalue weighted by Gasteiger charge is -2.34. The van der Waals surface area contributed by atoms with Crippen molar-refractivity contribution in [2.45, 2.75) is 19.4 Å². The van der Waals surface area contributed by atoms with Crippen molar-refractivity contribution < 1.29 is 9.90 Å². The molecule has 3 heterocycles. The van der Waals surface area contributed by atoms with Crippen molar-refractivity contribution in [3.05, 3.63) is 23.2 Å². The van der Waals surface area contributed by atoms with Crippen molar-refractivity contribution in [2.24, 2.45) is 5.92 Å². The third-order valence-corrected chi connectivity index (χ3v) is 5.02. The van der Waals surface area contributed by atoms with E-state index in [0.717, 1.165) is 16.6 Å². The van der Waals surface area contributed by atoms with Crippen LogP contribution < -0.4 is 5.73 Å². The number of pyridine rings is 1. The number of carbonyl (C=O) groups excluding carboxylic acids is 1. The number of nitrogens with two attached hydrogens (primary N) is 1. The molecule has 2 aromatic heterocycles. The fourth-order valence-electron chi connectivity index (χ4n) is 2.49. The largest absolute Gasteiger partial charge is 0.397 e. The van der Waals surface area contributed by atoms with Gasteiger partial charge < -0.3 is 15.7 Å². The molecule has 0 saturated carbocycles. The summed E-state index contributed by atoms with van der Waals surface area (Å²) in [6, 6.07) is 3.68. The van der Waals surface area contributed by atoms with E-state index in [0.29, 0.717) is 23.7 Å². The molecule has 0 radical (unpaired) electrons. The van der Waals surface area contributed by atoms with Crippen LogP contribution in [0.5, 0.6) is 0 Å². The first-order chi connectivity index (χ1) is 9.58. The smallest absolute Gasteiger partial charge is 0.266 e. The lowest BCUT2D eigenvalue weighted by molar-refractivity contribution is 0.0252. The zero-order valence-electron chi connectivity index (χ0n) is 11.2. The van der Waals surface area contributed by atoms with Crippen LogP contribution in [0.3, 0.4) is 0 Å². The van der Waals surface area contributed by atoms with E-state index in [2.05, 4.69) is 4.98 Å². The molecule has 0 aromatic carbocycles. The number of piperidine rings is 1. The number of β-amino-alcohol motifs (C(OH)–C–C–N with tert-alkyl or cyclic N) is 1. The Morgan fingerprint density at radius 3 is 3.10 bits per heavy atom. The Labute approximate surface area is 121 Å². The van der Waals surface area contributed by atoms with E-state index in [9.17, 15) is 9.90 Å². The fourth-order valence-corrected chi connectivity index (χ4v) is 3.52. The molecule has 1 amide bonds. The van der Waals surface area contributed by atoms with Gasteiger partial charge in [-0.25, -0.2) is 4.98 Å². The number of amides is 1. The molecule has 0 spiro atoms. The van der Waals surface area contributed by atoms with E-state index < -0.39 is 6.10 Å². The van der Waals surface area contributed by atoms with Gasteiger partial charge >= 0.3 is 0 Å². The summed E-state index contributed by atoms with van der Waals surface area (Å²) in [5.41, 5.74) is 6.57.